The van der Waals surface area contributed by atoms with Crippen molar-refractivity contribution in [3.05, 3.63) is 30.4 Å². The second-order valence-electron chi connectivity index (χ2n) is 3.43. The molecule has 0 spiro atoms. The molecule has 0 saturated heterocycles. The van der Waals surface area contributed by atoms with Gasteiger partial charge in [0.15, 0.2) is 0 Å². The van der Waals surface area contributed by atoms with Crippen LogP contribution in [0.3, 0.4) is 0 Å². The lowest BCUT2D eigenvalue weighted by Gasteiger charge is -2.26. The van der Waals surface area contributed by atoms with Crippen LogP contribution >= 0.6 is 12.6 Å². The molecule has 0 saturated carbocycles. The molecule has 0 fully saturated rings. The van der Waals surface area contributed by atoms with Gasteiger partial charge in [0.05, 0.1) is 6.54 Å². The summed E-state index contributed by atoms with van der Waals surface area (Å²) < 4.78 is 2.22. The number of thiol groups is 1. The van der Waals surface area contributed by atoms with Gasteiger partial charge < -0.3 is 4.57 Å². The smallest absolute Gasteiger partial charge is 0.122 e. The Kier molecular flexibility index (Phi) is 3.26. The van der Waals surface area contributed by atoms with Gasteiger partial charge in [0.25, 0.3) is 0 Å². The Labute approximate surface area is 89.8 Å². The molecule has 0 aliphatic carbocycles. The Morgan fingerprint density at radius 3 is 3.21 bits per heavy atom. The van der Waals surface area contributed by atoms with Crippen LogP contribution in [0.4, 0.5) is 0 Å². The summed E-state index contributed by atoms with van der Waals surface area (Å²) >= 11 is 4.13. The summed E-state index contributed by atoms with van der Waals surface area (Å²) in [5.74, 6) is 2.00. The van der Waals surface area contributed by atoms with Crippen molar-refractivity contribution in [2.24, 2.45) is 0 Å². The predicted octanol–water partition coefficient (Wildman–Crippen LogP) is 1.18. The monoisotopic (exact) mass is 209 g/mol. The normalized spacial score (nSPS) is 17.5. The summed E-state index contributed by atoms with van der Waals surface area (Å²) in [5.41, 5.74) is 0. The first-order chi connectivity index (χ1) is 6.90. The van der Waals surface area contributed by atoms with E-state index in [1.807, 2.05) is 6.20 Å². The number of aromatic nitrogens is 2. The average Bonchev–Trinajstić information content (AvgIpc) is 2.65. The molecule has 2 rings (SSSR count). The molecule has 1 aliphatic heterocycles. The quantitative estimate of drug-likeness (QED) is 0.596. The van der Waals surface area contributed by atoms with Gasteiger partial charge in [-0.15, -0.1) is 0 Å². The molecule has 0 amide bonds. The standard InChI is InChI=1S/C10H15N3S/c14-8-2-1-4-12-6-7-13-5-3-11-10(13)9-12/h1-3,5,14H,4,6-9H2. The van der Waals surface area contributed by atoms with Gasteiger partial charge in [-0.25, -0.2) is 4.98 Å². The molecule has 1 aromatic heterocycles. The average molecular weight is 209 g/mol. The molecule has 4 heteroatoms. The van der Waals surface area contributed by atoms with Crippen LogP contribution in [0.1, 0.15) is 5.82 Å². The number of fused-ring (bicyclic) bond motifs is 1. The van der Waals surface area contributed by atoms with Crippen LogP contribution in [-0.4, -0.2) is 33.3 Å². The van der Waals surface area contributed by atoms with Gasteiger partial charge in [-0.2, -0.15) is 12.6 Å². The minimum absolute atomic E-state index is 0.822. The molecule has 0 bridgehead atoms. The number of rotatable bonds is 3. The van der Waals surface area contributed by atoms with Gasteiger partial charge in [0, 0.05) is 37.8 Å². The lowest BCUT2D eigenvalue weighted by atomic mass is 10.3. The number of nitrogens with zero attached hydrogens (tertiary/aromatic N) is 3. The van der Waals surface area contributed by atoms with Crippen LogP contribution in [0, 0.1) is 0 Å². The van der Waals surface area contributed by atoms with Gasteiger partial charge in [-0.1, -0.05) is 12.2 Å². The lowest BCUT2D eigenvalue weighted by Crippen LogP contribution is -2.33. The largest absolute Gasteiger partial charge is 0.333 e. The molecule has 0 N–H and O–H groups in total. The fourth-order valence-corrected chi connectivity index (χ4v) is 1.83. The topological polar surface area (TPSA) is 21.1 Å². The molecule has 0 aromatic carbocycles. The maximum atomic E-state index is 4.32. The summed E-state index contributed by atoms with van der Waals surface area (Å²) in [6, 6.07) is 0. The fourth-order valence-electron chi connectivity index (χ4n) is 1.68. The number of hydrogen-bond donors (Lipinski definition) is 1. The van der Waals surface area contributed by atoms with E-state index in [0.717, 1.165) is 31.9 Å². The third kappa shape index (κ3) is 2.19. The van der Waals surface area contributed by atoms with Crippen molar-refractivity contribution >= 4 is 12.6 Å². The molecular weight excluding hydrogens is 194 g/mol. The van der Waals surface area contributed by atoms with Crippen LogP contribution in [0.15, 0.2) is 24.5 Å². The minimum atomic E-state index is 0.822. The van der Waals surface area contributed by atoms with Crippen molar-refractivity contribution in [2.75, 3.05) is 18.8 Å². The highest BCUT2D eigenvalue weighted by Gasteiger charge is 2.14. The zero-order chi connectivity index (χ0) is 9.80. The highest BCUT2D eigenvalue weighted by atomic mass is 32.1. The first kappa shape index (κ1) is 9.80. The first-order valence-electron chi connectivity index (χ1n) is 4.88. The van der Waals surface area contributed by atoms with Crippen molar-refractivity contribution in [1.29, 1.82) is 0 Å². The second-order valence-corrected chi connectivity index (χ2v) is 3.79. The summed E-state index contributed by atoms with van der Waals surface area (Å²) in [6.45, 7) is 4.14. The van der Waals surface area contributed by atoms with Gasteiger partial charge in [0.1, 0.15) is 5.82 Å². The second kappa shape index (κ2) is 4.66. The molecule has 14 heavy (non-hydrogen) atoms. The van der Waals surface area contributed by atoms with Crippen molar-refractivity contribution in [2.45, 2.75) is 13.1 Å². The lowest BCUT2D eigenvalue weighted by molar-refractivity contribution is 0.239. The predicted molar refractivity (Wildman–Crippen MR) is 60.5 cm³/mol. The Morgan fingerprint density at radius 2 is 2.36 bits per heavy atom. The highest BCUT2D eigenvalue weighted by Crippen LogP contribution is 2.09. The fraction of sp³-hybridized carbons (Fsp3) is 0.500. The Morgan fingerprint density at radius 1 is 1.43 bits per heavy atom. The van der Waals surface area contributed by atoms with E-state index < -0.39 is 0 Å². The molecular formula is C10H15N3S. The zero-order valence-electron chi connectivity index (χ0n) is 8.13. The number of hydrogen-bond acceptors (Lipinski definition) is 3. The van der Waals surface area contributed by atoms with Crippen LogP contribution in [-0.2, 0) is 13.1 Å². The van der Waals surface area contributed by atoms with Gasteiger partial charge in [-0.05, 0) is 0 Å². The Balaban J connectivity index is 1.91. The van der Waals surface area contributed by atoms with Crippen LogP contribution in [0.25, 0.3) is 0 Å². The summed E-state index contributed by atoms with van der Waals surface area (Å²) in [7, 11) is 0. The summed E-state index contributed by atoms with van der Waals surface area (Å²) in [5, 5.41) is 0. The van der Waals surface area contributed by atoms with Crippen LogP contribution in [0.5, 0.6) is 0 Å². The van der Waals surface area contributed by atoms with E-state index in [0.29, 0.717) is 0 Å². The van der Waals surface area contributed by atoms with Gasteiger partial charge >= 0.3 is 0 Å². The van der Waals surface area contributed by atoms with E-state index in [9.17, 15) is 0 Å². The van der Waals surface area contributed by atoms with Crippen LogP contribution in [0.2, 0.25) is 0 Å². The van der Waals surface area contributed by atoms with Gasteiger partial charge in [0.2, 0.25) is 0 Å². The first-order valence-corrected chi connectivity index (χ1v) is 5.51. The highest BCUT2D eigenvalue weighted by molar-refractivity contribution is 7.80. The maximum Gasteiger partial charge on any atom is 0.122 e. The van der Waals surface area contributed by atoms with E-state index in [1.165, 1.54) is 5.82 Å². The molecule has 1 aliphatic rings. The Bertz CT molecular complexity index is 319. The molecule has 0 radical (unpaired) electrons. The SMILES string of the molecule is SCC=CCN1CCn2ccnc2C1. The van der Waals surface area contributed by atoms with Crippen LogP contribution < -0.4 is 0 Å². The zero-order valence-corrected chi connectivity index (χ0v) is 9.03. The third-order valence-electron chi connectivity index (χ3n) is 2.46. The van der Waals surface area contributed by atoms with E-state index >= 15 is 0 Å². The summed E-state index contributed by atoms with van der Waals surface area (Å²) in [4.78, 5) is 6.71. The van der Waals surface area contributed by atoms with Crippen molar-refractivity contribution < 1.29 is 0 Å². The van der Waals surface area contributed by atoms with E-state index in [1.54, 1.807) is 0 Å². The van der Waals surface area contributed by atoms with E-state index in [4.69, 9.17) is 0 Å². The molecule has 2 heterocycles. The molecule has 1 aromatic rings. The third-order valence-corrected chi connectivity index (χ3v) is 2.67. The van der Waals surface area contributed by atoms with E-state index in [2.05, 4.69) is 45.4 Å². The molecule has 3 nitrogen and oxygen atoms in total. The van der Waals surface area contributed by atoms with E-state index in [-0.39, 0.29) is 0 Å². The van der Waals surface area contributed by atoms with Crippen molar-refractivity contribution in [3.63, 3.8) is 0 Å². The van der Waals surface area contributed by atoms with Crippen molar-refractivity contribution in [1.82, 2.24) is 14.5 Å². The number of imidazole rings is 1. The maximum absolute atomic E-state index is 4.32. The van der Waals surface area contributed by atoms with Gasteiger partial charge in [-0.3, -0.25) is 4.90 Å². The Hall–Kier alpha value is -0.740. The molecule has 76 valence electrons. The molecule has 0 atom stereocenters. The van der Waals surface area contributed by atoms with Crippen molar-refractivity contribution in [3.8, 4) is 0 Å². The minimum Gasteiger partial charge on any atom is -0.333 e. The summed E-state index contributed by atoms with van der Waals surface area (Å²) in [6.07, 6.45) is 8.19. The molecule has 0 unspecified atom stereocenters.